The molecule has 1 nitrogen and oxygen atoms in total. The molecule has 1 fully saturated rings. The molecular formula is C19H27N. The molecule has 0 saturated carbocycles. The van der Waals surface area contributed by atoms with Crippen LogP contribution in [-0.2, 0) is 0 Å². The number of anilines is 1. The third-order valence-corrected chi connectivity index (χ3v) is 4.08. The van der Waals surface area contributed by atoms with Crippen LogP contribution in [0.3, 0.4) is 0 Å². The fraction of sp³-hybridized carbons (Fsp3) is 0.579. The molecule has 2 rings (SSSR count). The Labute approximate surface area is 124 Å². The van der Waals surface area contributed by atoms with E-state index >= 15 is 0 Å². The molecule has 1 heterocycles. The lowest BCUT2D eigenvalue weighted by Gasteiger charge is -2.25. The first-order valence-electron chi connectivity index (χ1n) is 8.19. The molecule has 0 radical (unpaired) electrons. The van der Waals surface area contributed by atoms with Crippen LogP contribution < -0.4 is 4.90 Å². The van der Waals surface area contributed by atoms with Gasteiger partial charge in [-0.05, 0) is 31.4 Å². The zero-order valence-electron chi connectivity index (χ0n) is 12.8. The van der Waals surface area contributed by atoms with E-state index in [1.165, 1.54) is 50.8 Å². The van der Waals surface area contributed by atoms with Gasteiger partial charge >= 0.3 is 0 Å². The maximum atomic E-state index is 3.41. The lowest BCUT2D eigenvalue weighted by molar-refractivity contribution is 0.675. The van der Waals surface area contributed by atoms with Crippen molar-refractivity contribution in [2.75, 3.05) is 11.4 Å². The lowest BCUT2D eigenvalue weighted by Crippen LogP contribution is -2.28. The van der Waals surface area contributed by atoms with Crippen LogP contribution in [0.5, 0.6) is 0 Å². The molecule has 0 spiro atoms. The van der Waals surface area contributed by atoms with Gasteiger partial charge in [-0.1, -0.05) is 44.4 Å². The van der Waals surface area contributed by atoms with Gasteiger partial charge < -0.3 is 4.90 Å². The summed E-state index contributed by atoms with van der Waals surface area (Å²) in [6, 6.07) is 11.4. The fourth-order valence-electron chi connectivity index (χ4n) is 2.93. The zero-order chi connectivity index (χ0) is 14.0. The SMILES string of the molecule is CCCCCCC#CCC1CCCN1c1ccccc1. The van der Waals surface area contributed by atoms with Crippen LogP contribution in [0.25, 0.3) is 0 Å². The molecule has 1 unspecified atom stereocenters. The predicted molar refractivity (Wildman–Crippen MR) is 88.0 cm³/mol. The van der Waals surface area contributed by atoms with Crippen molar-refractivity contribution in [1.29, 1.82) is 0 Å². The summed E-state index contributed by atoms with van der Waals surface area (Å²) >= 11 is 0. The topological polar surface area (TPSA) is 3.24 Å². The smallest absolute Gasteiger partial charge is 0.0399 e. The van der Waals surface area contributed by atoms with Crippen molar-refractivity contribution in [2.24, 2.45) is 0 Å². The van der Waals surface area contributed by atoms with Crippen LogP contribution in [0.4, 0.5) is 5.69 Å². The molecule has 1 saturated heterocycles. The molecule has 1 heteroatoms. The molecule has 0 amide bonds. The van der Waals surface area contributed by atoms with Crippen LogP contribution >= 0.6 is 0 Å². The Balaban J connectivity index is 1.76. The van der Waals surface area contributed by atoms with Gasteiger partial charge in [0.05, 0.1) is 0 Å². The van der Waals surface area contributed by atoms with Gasteiger partial charge in [0.2, 0.25) is 0 Å². The van der Waals surface area contributed by atoms with Crippen molar-refractivity contribution >= 4 is 5.69 Å². The first kappa shape index (κ1) is 15.0. The molecule has 1 atom stereocenters. The Hall–Kier alpha value is -1.42. The highest BCUT2D eigenvalue weighted by atomic mass is 15.2. The molecule has 1 aromatic carbocycles. The first-order chi connectivity index (χ1) is 9.92. The maximum Gasteiger partial charge on any atom is 0.0399 e. The summed E-state index contributed by atoms with van der Waals surface area (Å²) in [6.45, 7) is 3.44. The number of nitrogens with zero attached hydrogens (tertiary/aromatic N) is 1. The summed E-state index contributed by atoms with van der Waals surface area (Å²) in [7, 11) is 0. The van der Waals surface area contributed by atoms with E-state index in [1.54, 1.807) is 0 Å². The second-order valence-electron chi connectivity index (χ2n) is 5.69. The van der Waals surface area contributed by atoms with E-state index < -0.39 is 0 Å². The molecule has 0 N–H and O–H groups in total. The van der Waals surface area contributed by atoms with Crippen LogP contribution in [0.2, 0.25) is 0 Å². The van der Waals surface area contributed by atoms with Crippen molar-refractivity contribution in [1.82, 2.24) is 0 Å². The van der Waals surface area contributed by atoms with Gasteiger partial charge in [0.15, 0.2) is 0 Å². The lowest BCUT2D eigenvalue weighted by atomic mass is 10.1. The number of rotatable bonds is 6. The monoisotopic (exact) mass is 269 g/mol. The Morgan fingerprint density at radius 3 is 2.75 bits per heavy atom. The van der Waals surface area contributed by atoms with E-state index in [-0.39, 0.29) is 0 Å². The molecule has 0 aliphatic carbocycles. The Bertz CT molecular complexity index is 426. The minimum absolute atomic E-state index is 0.626. The number of hydrogen-bond donors (Lipinski definition) is 0. The van der Waals surface area contributed by atoms with Crippen molar-refractivity contribution in [3.8, 4) is 11.8 Å². The Kier molecular flexibility index (Phi) is 6.51. The second-order valence-corrected chi connectivity index (χ2v) is 5.69. The van der Waals surface area contributed by atoms with E-state index in [0.717, 1.165) is 12.8 Å². The van der Waals surface area contributed by atoms with Crippen molar-refractivity contribution < 1.29 is 0 Å². The molecule has 1 aliphatic rings. The second kappa shape index (κ2) is 8.69. The van der Waals surface area contributed by atoms with Gasteiger partial charge in [-0.25, -0.2) is 0 Å². The molecule has 0 aromatic heterocycles. The summed E-state index contributed by atoms with van der Waals surface area (Å²) in [5, 5.41) is 0. The summed E-state index contributed by atoms with van der Waals surface area (Å²) < 4.78 is 0. The van der Waals surface area contributed by atoms with Crippen LogP contribution in [0, 0.1) is 11.8 Å². The minimum Gasteiger partial charge on any atom is -0.368 e. The van der Waals surface area contributed by atoms with Crippen LogP contribution in [0.15, 0.2) is 30.3 Å². The van der Waals surface area contributed by atoms with E-state index in [4.69, 9.17) is 0 Å². The molecule has 108 valence electrons. The van der Waals surface area contributed by atoms with E-state index in [2.05, 4.69) is 54.0 Å². The van der Waals surface area contributed by atoms with Crippen molar-refractivity contribution in [3.63, 3.8) is 0 Å². The minimum atomic E-state index is 0.626. The van der Waals surface area contributed by atoms with Gasteiger partial charge in [0.1, 0.15) is 0 Å². The van der Waals surface area contributed by atoms with E-state index in [0.29, 0.717) is 6.04 Å². The highest BCUT2D eigenvalue weighted by Crippen LogP contribution is 2.26. The highest BCUT2D eigenvalue weighted by molar-refractivity contribution is 5.48. The molecule has 1 aromatic rings. The zero-order valence-corrected chi connectivity index (χ0v) is 12.8. The predicted octanol–water partition coefficient (Wildman–Crippen LogP) is 5.02. The number of hydrogen-bond acceptors (Lipinski definition) is 1. The summed E-state index contributed by atoms with van der Waals surface area (Å²) in [6.07, 6.45) is 9.98. The van der Waals surface area contributed by atoms with Gasteiger partial charge in [0.25, 0.3) is 0 Å². The van der Waals surface area contributed by atoms with E-state index in [1.807, 2.05) is 0 Å². The molecule has 20 heavy (non-hydrogen) atoms. The number of unbranched alkanes of at least 4 members (excludes halogenated alkanes) is 4. The van der Waals surface area contributed by atoms with Crippen LogP contribution in [0.1, 0.15) is 58.3 Å². The maximum absolute atomic E-state index is 3.41. The molecular weight excluding hydrogens is 242 g/mol. The normalized spacial score (nSPS) is 17.9. The quantitative estimate of drug-likeness (QED) is 0.518. The first-order valence-corrected chi connectivity index (χ1v) is 8.19. The largest absolute Gasteiger partial charge is 0.368 e. The third kappa shape index (κ3) is 4.60. The Morgan fingerprint density at radius 1 is 1.10 bits per heavy atom. The third-order valence-electron chi connectivity index (χ3n) is 4.08. The summed E-state index contributed by atoms with van der Waals surface area (Å²) in [5.74, 6) is 6.78. The fourth-order valence-corrected chi connectivity index (χ4v) is 2.93. The average molecular weight is 269 g/mol. The van der Waals surface area contributed by atoms with E-state index in [9.17, 15) is 0 Å². The van der Waals surface area contributed by atoms with Gasteiger partial charge in [-0.2, -0.15) is 0 Å². The highest BCUT2D eigenvalue weighted by Gasteiger charge is 2.23. The summed E-state index contributed by atoms with van der Waals surface area (Å²) in [5.41, 5.74) is 1.36. The number of benzene rings is 1. The van der Waals surface area contributed by atoms with Gasteiger partial charge in [-0.15, -0.1) is 11.8 Å². The summed E-state index contributed by atoms with van der Waals surface area (Å²) in [4.78, 5) is 2.53. The Morgan fingerprint density at radius 2 is 1.95 bits per heavy atom. The average Bonchev–Trinajstić information content (AvgIpc) is 2.96. The standard InChI is InChI=1S/C19H27N/c1-2-3-4-5-6-7-9-13-19-16-12-17-20(19)18-14-10-8-11-15-18/h8,10-11,14-15,19H,2-6,12-13,16-17H2,1H3. The molecule has 1 aliphatic heterocycles. The van der Waals surface area contributed by atoms with Crippen molar-refractivity contribution in [2.45, 2.75) is 64.3 Å². The van der Waals surface area contributed by atoms with Crippen LogP contribution in [-0.4, -0.2) is 12.6 Å². The van der Waals surface area contributed by atoms with Crippen molar-refractivity contribution in [3.05, 3.63) is 30.3 Å². The van der Waals surface area contributed by atoms with Gasteiger partial charge in [0, 0.05) is 31.1 Å². The molecule has 0 bridgehead atoms. The van der Waals surface area contributed by atoms with Gasteiger partial charge in [-0.3, -0.25) is 0 Å². The number of para-hydroxylation sites is 1.